The summed E-state index contributed by atoms with van der Waals surface area (Å²) in [6, 6.07) is 6.54. The highest BCUT2D eigenvalue weighted by Gasteiger charge is 2.08. The molecule has 0 atom stereocenters. The number of benzene rings is 1. The first kappa shape index (κ1) is 14.3. The predicted octanol–water partition coefficient (Wildman–Crippen LogP) is 1.99. The van der Waals surface area contributed by atoms with Crippen molar-refractivity contribution < 1.29 is 9.59 Å². The topological polar surface area (TPSA) is 70.2 Å². The van der Waals surface area contributed by atoms with Crippen molar-refractivity contribution >= 4 is 29.2 Å². The van der Waals surface area contributed by atoms with Crippen LogP contribution in [0.4, 0.5) is 10.5 Å². The Balaban J connectivity index is 2.38. The van der Waals surface area contributed by atoms with E-state index in [1.54, 1.807) is 24.3 Å². The Labute approximate surface area is 111 Å². The van der Waals surface area contributed by atoms with Crippen molar-refractivity contribution in [2.75, 3.05) is 11.9 Å². The van der Waals surface area contributed by atoms with Crippen LogP contribution in [0.1, 0.15) is 13.8 Å². The van der Waals surface area contributed by atoms with Crippen LogP contribution < -0.4 is 16.0 Å². The van der Waals surface area contributed by atoms with Gasteiger partial charge in [0.1, 0.15) is 0 Å². The number of hydrogen-bond donors (Lipinski definition) is 3. The highest BCUT2D eigenvalue weighted by atomic mass is 35.5. The molecular formula is C12H16ClN3O2. The van der Waals surface area contributed by atoms with Crippen molar-refractivity contribution in [3.05, 3.63) is 29.3 Å². The van der Waals surface area contributed by atoms with E-state index in [1.807, 2.05) is 13.8 Å². The smallest absolute Gasteiger partial charge is 0.321 e. The molecule has 98 valence electrons. The Hall–Kier alpha value is -1.75. The molecule has 0 unspecified atom stereocenters. The Morgan fingerprint density at radius 2 is 1.94 bits per heavy atom. The predicted molar refractivity (Wildman–Crippen MR) is 71.8 cm³/mol. The fraction of sp³-hybridized carbons (Fsp3) is 0.333. The second-order valence-corrected chi connectivity index (χ2v) is 4.42. The highest BCUT2D eigenvalue weighted by Crippen LogP contribution is 2.19. The van der Waals surface area contributed by atoms with Crippen molar-refractivity contribution in [3.8, 4) is 0 Å². The quantitative estimate of drug-likeness (QED) is 0.783. The standard InChI is InChI=1S/C12H16ClN3O2/c1-8(2)15-12(18)16-11(17)7-14-10-6-4-3-5-9(10)13/h3-6,8,14H,7H2,1-2H3,(H2,15,16,17,18). The number of imide groups is 1. The number of urea groups is 1. The van der Waals surface area contributed by atoms with E-state index in [0.717, 1.165) is 0 Å². The summed E-state index contributed by atoms with van der Waals surface area (Å²) in [5, 5.41) is 8.14. The molecule has 1 rings (SSSR count). The van der Waals surface area contributed by atoms with E-state index in [4.69, 9.17) is 11.6 Å². The number of carbonyl (C=O) groups excluding carboxylic acids is 2. The summed E-state index contributed by atoms with van der Waals surface area (Å²) in [5.41, 5.74) is 0.651. The van der Waals surface area contributed by atoms with Gasteiger partial charge in [-0.15, -0.1) is 0 Å². The van der Waals surface area contributed by atoms with Gasteiger partial charge in [-0.3, -0.25) is 10.1 Å². The van der Waals surface area contributed by atoms with Crippen molar-refractivity contribution in [3.63, 3.8) is 0 Å². The summed E-state index contributed by atoms with van der Waals surface area (Å²) in [7, 11) is 0. The van der Waals surface area contributed by atoms with Crippen LogP contribution in [0.5, 0.6) is 0 Å². The van der Waals surface area contributed by atoms with Crippen LogP contribution in [0.25, 0.3) is 0 Å². The Bertz CT molecular complexity index is 435. The number of halogens is 1. The second kappa shape index (κ2) is 6.86. The Kier molecular flexibility index (Phi) is 5.45. The minimum Gasteiger partial charge on any atom is -0.375 e. The molecule has 0 aliphatic heterocycles. The van der Waals surface area contributed by atoms with E-state index in [-0.39, 0.29) is 12.6 Å². The molecule has 3 N–H and O–H groups in total. The van der Waals surface area contributed by atoms with E-state index in [0.29, 0.717) is 10.7 Å². The van der Waals surface area contributed by atoms with Gasteiger partial charge in [-0.1, -0.05) is 23.7 Å². The van der Waals surface area contributed by atoms with Crippen LogP contribution in [0.2, 0.25) is 5.02 Å². The zero-order valence-corrected chi connectivity index (χ0v) is 11.0. The molecule has 0 aromatic heterocycles. The molecule has 0 radical (unpaired) electrons. The summed E-state index contributed by atoms with van der Waals surface area (Å²) in [5.74, 6) is -0.423. The van der Waals surface area contributed by atoms with Gasteiger partial charge >= 0.3 is 6.03 Å². The number of nitrogens with one attached hydrogen (secondary N) is 3. The average Bonchev–Trinajstić information content (AvgIpc) is 2.26. The molecule has 0 spiro atoms. The first-order valence-electron chi connectivity index (χ1n) is 5.58. The van der Waals surface area contributed by atoms with E-state index in [2.05, 4.69) is 16.0 Å². The number of amides is 3. The van der Waals surface area contributed by atoms with Gasteiger partial charge in [-0.25, -0.2) is 4.79 Å². The van der Waals surface area contributed by atoms with E-state index in [1.165, 1.54) is 0 Å². The van der Waals surface area contributed by atoms with Gasteiger partial charge in [0.15, 0.2) is 0 Å². The number of para-hydroxylation sites is 1. The van der Waals surface area contributed by atoms with Gasteiger partial charge in [0.25, 0.3) is 0 Å². The third-order valence-electron chi connectivity index (χ3n) is 1.99. The van der Waals surface area contributed by atoms with E-state index >= 15 is 0 Å². The van der Waals surface area contributed by atoms with Crippen molar-refractivity contribution in [2.24, 2.45) is 0 Å². The molecule has 3 amide bonds. The monoisotopic (exact) mass is 269 g/mol. The minimum atomic E-state index is -0.504. The zero-order chi connectivity index (χ0) is 13.5. The molecular weight excluding hydrogens is 254 g/mol. The molecule has 0 heterocycles. The lowest BCUT2D eigenvalue weighted by Crippen LogP contribution is -2.44. The lowest BCUT2D eigenvalue weighted by atomic mass is 10.3. The Morgan fingerprint density at radius 1 is 1.28 bits per heavy atom. The number of hydrogen-bond acceptors (Lipinski definition) is 3. The van der Waals surface area contributed by atoms with E-state index < -0.39 is 11.9 Å². The van der Waals surface area contributed by atoms with E-state index in [9.17, 15) is 9.59 Å². The van der Waals surface area contributed by atoms with Crippen molar-refractivity contribution in [1.82, 2.24) is 10.6 Å². The fourth-order valence-electron chi connectivity index (χ4n) is 1.25. The molecule has 0 saturated carbocycles. The summed E-state index contributed by atoms with van der Waals surface area (Å²) in [6.07, 6.45) is 0. The van der Waals surface area contributed by atoms with Crippen LogP contribution in [-0.2, 0) is 4.79 Å². The molecule has 0 aliphatic carbocycles. The number of anilines is 1. The first-order chi connectivity index (χ1) is 8.49. The normalized spacial score (nSPS) is 10.0. The average molecular weight is 270 g/mol. The first-order valence-corrected chi connectivity index (χ1v) is 5.95. The maximum Gasteiger partial charge on any atom is 0.321 e. The molecule has 6 heteroatoms. The molecule has 0 saturated heterocycles. The third-order valence-corrected chi connectivity index (χ3v) is 2.32. The molecule has 0 aliphatic rings. The van der Waals surface area contributed by atoms with Crippen molar-refractivity contribution in [1.29, 1.82) is 0 Å². The van der Waals surface area contributed by atoms with Gasteiger partial charge in [-0.05, 0) is 26.0 Å². The molecule has 1 aromatic carbocycles. The van der Waals surface area contributed by atoms with Crippen LogP contribution in [0, 0.1) is 0 Å². The zero-order valence-electron chi connectivity index (χ0n) is 10.3. The number of rotatable bonds is 4. The summed E-state index contributed by atoms with van der Waals surface area (Å²) < 4.78 is 0. The molecule has 0 bridgehead atoms. The SMILES string of the molecule is CC(C)NC(=O)NC(=O)CNc1ccccc1Cl. The van der Waals surface area contributed by atoms with Crippen LogP contribution >= 0.6 is 11.6 Å². The Morgan fingerprint density at radius 3 is 2.56 bits per heavy atom. The maximum atomic E-state index is 11.4. The van der Waals surface area contributed by atoms with Crippen LogP contribution in [-0.4, -0.2) is 24.5 Å². The van der Waals surface area contributed by atoms with Gasteiger partial charge in [0.05, 0.1) is 17.3 Å². The molecule has 5 nitrogen and oxygen atoms in total. The molecule has 0 fully saturated rings. The van der Waals surface area contributed by atoms with Gasteiger partial charge in [0, 0.05) is 6.04 Å². The summed E-state index contributed by atoms with van der Waals surface area (Å²) in [4.78, 5) is 22.7. The second-order valence-electron chi connectivity index (χ2n) is 4.01. The summed E-state index contributed by atoms with van der Waals surface area (Å²) in [6.45, 7) is 3.60. The lowest BCUT2D eigenvalue weighted by Gasteiger charge is -2.10. The van der Waals surface area contributed by atoms with Gasteiger partial charge in [0.2, 0.25) is 5.91 Å². The number of carbonyl (C=O) groups is 2. The maximum absolute atomic E-state index is 11.4. The van der Waals surface area contributed by atoms with Crippen LogP contribution in [0.3, 0.4) is 0 Å². The third kappa shape index (κ3) is 5.05. The fourth-order valence-corrected chi connectivity index (χ4v) is 1.45. The largest absolute Gasteiger partial charge is 0.375 e. The highest BCUT2D eigenvalue weighted by molar-refractivity contribution is 6.33. The van der Waals surface area contributed by atoms with Gasteiger partial charge in [-0.2, -0.15) is 0 Å². The summed E-state index contributed by atoms with van der Waals surface area (Å²) >= 11 is 5.91. The lowest BCUT2D eigenvalue weighted by molar-refractivity contribution is -0.118. The molecule has 18 heavy (non-hydrogen) atoms. The molecule has 1 aromatic rings. The van der Waals surface area contributed by atoms with Crippen LogP contribution in [0.15, 0.2) is 24.3 Å². The van der Waals surface area contributed by atoms with Gasteiger partial charge < -0.3 is 10.6 Å². The van der Waals surface area contributed by atoms with Crippen molar-refractivity contribution in [2.45, 2.75) is 19.9 Å². The minimum absolute atomic E-state index is 0.0186.